The minimum atomic E-state index is 1.42. The zero-order valence-electron chi connectivity index (χ0n) is 3.92. The Hall–Kier alpha value is 1.38. The molecule has 0 unspecified atom stereocenters. The summed E-state index contributed by atoms with van der Waals surface area (Å²) in [6, 6.07) is 0. The van der Waals surface area contributed by atoms with Crippen molar-refractivity contribution in [3.05, 3.63) is 0 Å². The summed E-state index contributed by atoms with van der Waals surface area (Å²) in [6.45, 7) is 0. The van der Waals surface area contributed by atoms with Gasteiger partial charge in [-0.3, -0.25) is 0 Å². The fraction of sp³-hybridized carbons (Fsp3) is 1.00. The average Bonchev–Trinajstić information content (AvgIpc) is 2.23. The molecule has 1 saturated heterocycles. The van der Waals surface area contributed by atoms with Crippen molar-refractivity contribution < 1.29 is 20.0 Å². The van der Waals surface area contributed by atoms with Gasteiger partial charge in [0.05, 0.1) is 0 Å². The topological polar surface area (TPSA) is 0 Å². The molecule has 7 heavy (non-hydrogen) atoms. The molecule has 1 rings (SSSR count). The van der Waals surface area contributed by atoms with E-state index in [0.29, 0.717) is 0 Å². The molecule has 0 spiro atoms. The summed E-state index contributed by atoms with van der Waals surface area (Å²) < 4.78 is 0. The molecule has 0 radical (unpaired) electrons. The first kappa shape index (κ1) is 8.38. The van der Waals surface area contributed by atoms with E-state index in [1.807, 2.05) is 0 Å². The van der Waals surface area contributed by atoms with Crippen LogP contribution in [0.1, 0.15) is 12.8 Å². The Labute approximate surface area is 65.1 Å². The first-order chi connectivity index (χ1) is 3.50. The van der Waals surface area contributed by atoms with Crippen LogP contribution < -0.4 is 0 Å². The zero-order chi connectivity index (χ0) is 5.54. The standard InChI is InChI=1S/C4H8S.Au.ClH/c1-2-4-5-3-1;;/h1-4H2;;1H/q;+1;/p-1. The van der Waals surface area contributed by atoms with Crippen LogP contribution in [0.4, 0.5) is 0 Å². The molecule has 48 valence electrons. The Bertz CT molecular complexity index is 23.3. The second kappa shape index (κ2) is 7.38. The van der Waals surface area contributed by atoms with Crippen molar-refractivity contribution in [1.82, 2.24) is 0 Å². The zero-order valence-corrected chi connectivity index (χ0v) is 7.66. The molecular weight excluding hydrogens is 313 g/mol. The van der Waals surface area contributed by atoms with Crippen LogP contribution in [0.3, 0.4) is 0 Å². The molecule has 0 aromatic heterocycles. The number of hydrogen-bond donors (Lipinski definition) is 0. The van der Waals surface area contributed by atoms with Crippen LogP contribution in [0.2, 0.25) is 0 Å². The van der Waals surface area contributed by atoms with Gasteiger partial charge in [0.25, 0.3) is 0 Å². The van der Waals surface area contributed by atoms with E-state index in [0.717, 1.165) is 0 Å². The van der Waals surface area contributed by atoms with Gasteiger partial charge in [-0.15, -0.1) is 0 Å². The molecule has 1 heterocycles. The van der Waals surface area contributed by atoms with Crippen LogP contribution in [0.25, 0.3) is 0 Å². The van der Waals surface area contributed by atoms with Gasteiger partial charge in [0.1, 0.15) is 0 Å². The van der Waals surface area contributed by atoms with Crippen molar-refractivity contribution in [2.24, 2.45) is 0 Å². The van der Waals surface area contributed by atoms with Crippen LogP contribution in [-0.2, 0) is 20.0 Å². The predicted octanol–water partition coefficient (Wildman–Crippen LogP) is 2.20. The van der Waals surface area contributed by atoms with Gasteiger partial charge in [0.2, 0.25) is 0 Å². The molecule has 0 aliphatic carbocycles. The van der Waals surface area contributed by atoms with Crippen molar-refractivity contribution in [3.63, 3.8) is 0 Å². The molecule has 3 heteroatoms. The first-order valence-corrected chi connectivity index (χ1v) is 6.03. The van der Waals surface area contributed by atoms with Gasteiger partial charge in [0.15, 0.2) is 0 Å². The van der Waals surface area contributed by atoms with Crippen LogP contribution in [0, 0.1) is 0 Å². The fourth-order valence-electron chi connectivity index (χ4n) is 0.510. The van der Waals surface area contributed by atoms with Gasteiger partial charge in [-0.05, 0) is 24.3 Å². The van der Waals surface area contributed by atoms with Gasteiger partial charge in [-0.2, -0.15) is 11.8 Å². The fourth-order valence-corrected chi connectivity index (χ4v) is 1.53. The number of halogens is 1. The molecule has 1 fully saturated rings. The summed E-state index contributed by atoms with van der Waals surface area (Å²) in [5, 5.41) is 0. The average molecular weight is 321 g/mol. The molecule has 0 amide bonds. The SMILES string of the molecule is C1CCSC1.[Cl][Au]. The van der Waals surface area contributed by atoms with E-state index in [4.69, 9.17) is 0 Å². The molecule has 1 aliphatic rings. The summed E-state index contributed by atoms with van der Waals surface area (Å²) >= 11 is 3.82. The monoisotopic (exact) mass is 320 g/mol. The molecule has 0 aromatic carbocycles. The van der Waals surface area contributed by atoms with E-state index in [9.17, 15) is 0 Å². The van der Waals surface area contributed by atoms with Crippen molar-refractivity contribution >= 4 is 21.0 Å². The summed E-state index contributed by atoms with van der Waals surface area (Å²) in [5.41, 5.74) is 0. The summed E-state index contributed by atoms with van der Waals surface area (Å²) in [4.78, 5) is 0. The molecule has 0 saturated carbocycles. The molecule has 0 atom stereocenters. The number of hydrogen-bond acceptors (Lipinski definition) is 1. The van der Waals surface area contributed by atoms with Crippen molar-refractivity contribution in [3.8, 4) is 0 Å². The van der Waals surface area contributed by atoms with Gasteiger partial charge >= 0.3 is 29.2 Å². The van der Waals surface area contributed by atoms with Crippen molar-refractivity contribution in [2.75, 3.05) is 11.5 Å². The minimum absolute atomic E-state index is 1.42. The molecule has 1 aliphatic heterocycles. The molecule has 0 N–H and O–H groups in total. The summed E-state index contributed by atoms with van der Waals surface area (Å²) in [6.07, 6.45) is 2.93. The summed E-state index contributed by atoms with van der Waals surface area (Å²) in [5.74, 6) is 2.83. The second-order valence-electron chi connectivity index (χ2n) is 1.32. The van der Waals surface area contributed by atoms with Gasteiger partial charge in [-0.25, -0.2) is 0 Å². The molecule has 0 bridgehead atoms. The van der Waals surface area contributed by atoms with Crippen molar-refractivity contribution in [1.29, 1.82) is 0 Å². The van der Waals surface area contributed by atoms with Crippen LogP contribution in [-0.4, -0.2) is 11.5 Å². The van der Waals surface area contributed by atoms with E-state index in [2.05, 4.69) is 21.0 Å². The van der Waals surface area contributed by atoms with E-state index < -0.39 is 0 Å². The van der Waals surface area contributed by atoms with E-state index in [1.54, 1.807) is 20.0 Å². The van der Waals surface area contributed by atoms with Gasteiger partial charge in [-0.1, -0.05) is 0 Å². The molecule has 0 aromatic rings. The van der Waals surface area contributed by atoms with Crippen LogP contribution in [0.15, 0.2) is 0 Å². The van der Waals surface area contributed by atoms with E-state index >= 15 is 0 Å². The van der Waals surface area contributed by atoms with E-state index in [1.165, 1.54) is 24.3 Å². The predicted molar refractivity (Wildman–Crippen MR) is 32.4 cm³/mol. The third-order valence-corrected chi connectivity index (χ3v) is 1.98. The Morgan fingerprint density at radius 1 is 1.14 bits per heavy atom. The number of thioether (sulfide) groups is 1. The Morgan fingerprint density at radius 2 is 1.57 bits per heavy atom. The third-order valence-electron chi connectivity index (χ3n) is 0.827. The quantitative estimate of drug-likeness (QED) is 0.617. The van der Waals surface area contributed by atoms with Gasteiger partial charge < -0.3 is 0 Å². The maximum absolute atomic E-state index is 4.58. The normalized spacial score (nSPS) is 18.1. The van der Waals surface area contributed by atoms with E-state index in [-0.39, 0.29) is 0 Å². The maximum atomic E-state index is 4.58. The Kier molecular flexibility index (Phi) is 8.84. The Morgan fingerprint density at radius 3 is 1.71 bits per heavy atom. The van der Waals surface area contributed by atoms with Gasteiger partial charge in [0, 0.05) is 0 Å². The Balaban J connectivity index is 0.000000162. The number of rotatable bonds is 0. The third kappa shape index (κ3) is 5.25. The molecular formula is C4H8AuClS. The first-order valence-electron chi connectivity index (χ1n) is 2.19. The van der Waals surface area contributed by atoms with Crippen LogP contribution >= 0.6 is 21.0 Å². The van der Waals surface area contributed by atoms with Crippen LogP contribution in [0.5, 0.6) is 0 Å². The van der Waals surface area contributed by atoms with Crippen molar-refractivity contribution in [2.45, 2.75) is 12.8 Å². The molecule has 0 nitrogen and oxygen atoms in total. The summed E-state index contributed by atoms with van der Waals surface area (Å²) in [7, 11) is 4.58. The second-order valence-corrected chi connectivity index (χ2v) is 2.54.